The predicted molar refractivity (Wildman–Crippen MR) is 70.0 cm³/mol. The summed E-state index contributed by atoms with van der Waals surface area (Å²) >= 11 is 11.4. The Morgan fingerprint density at radius 3 is 2.63 bits per heavy atom. The number of ether oxygens (including phenoxy) is 1. The number of aryl methyl sites for hydroxylation is 1. The first-order valence-electron chi connectivity index (χ1n) is 5.08. The third-order valence-corrected chi connectivity index (χ3v) is 2.54. The molecule has 0 spiro atoms. The summed E-state index contributed by atoms with van der Waals surface area (Å²) in [7, 11) is 0. The fourth-order valence-corrected chi connectivity index (χ4v) is 1.77. The Labute approximate surface area is 118 Å². The lowest BCUT2D eigenvalue weighted by molar-refractivity contribution is -0.385. The van der Waals surface area contributed by atoms with E-state index in [0.29, 0.717) is 5.69 Å². The Bertz CT molecular complexity index is 629. The van der Waals surface area contributed by atoms with Crippen molar-refractivity contribution in [1.82, 2.24) is 9.97 Å². The van der Waals surface area contributed by atoms with Gasteiger partial charge in [-0.2, -0.15) is 4.98 Å². The van der Waals surface area contributed by atoms with Crippen LogP contribution in [0.25, 0.3) is 0 Å². The minimum absolute atomic E-state index is 0.00613. The van der Waals surface area contributed by atoms with Crippen molar-refractivity contribution in [1.29, 1.82) is 0 Å². The Morgan fingerprint density at radius 1 is 1.26 bits per heavy atom. The molecular formula is C11H7Cl2N3O3. The first kappa shape index (κ1) is 13.5. The van der Waals surface area contributed by atoms with Gasteiger partial charge in [-0.15, -0.1) is 0 Å². The fraction of sp³-hybridized carbons (Fsp3) is 0.0909. The molecule has 0 fully saturated rings. The van der Waals surface area contributed by atoms with Gasteiger partial charge in [-0.1, -0.05) is 11.6 Å². The smallest absolute Gasteiger partial charge is 0.313 e. The Kier molecular flexibility index (Phi) is 3.82. The van der Waals surface area contributed by atoms with Gasteiger partial charge in [0.2, 0.25) is 16.9 Å². The summed E-state index contributed by atoms with van der Waals surface area (Å²) in [6.45, 7) is 1.71. The van der Waals surface area contributed by atoms with Crippen molar-refractivity contribution in [2.45, 2.75) is 6.92 Å². The summed E-state index contributed by atoms with van der Waals surface area (Å²) < 4.78 is 5.35. The molecule has 0 aliphatic rings. The largest absolute Gasteiger partial charge is 0.432 e. The van der Waals surface area contributed by atoms with E-state index in [2.05, 4.69) is 9.97 Å². The number of hydrogen-bond acceptors (Lipinski definition) is 5. The molecule has 6 nitrogen and oxygen atoms in total. The number of nitro groups is 1. The number of rotatable bonds is 3. The summed E-state index contributed by atoms with van der Waals surface area (Å²) in [5.41, 5.74) is 0.339. The minimum Gasteiger partial charge on any atom is -0.432 e. The molecule has 8 heteroatoms. The molecule has 1 aromatic carbocycles. The van der Waals surface area contributed by atoms with E-state index in [4.69, 9.17) is 27.9 Å². The summed E-state index contributed by atoms with van der Waals surface area (Å²) in [4.78, 5) is 18.0. The van der Waals surface area contributed by atoms with Crippen LogP contribution in [0.1, 0.15) is 5.69 Å². The van der Waals surface area contributed by atoms with Crippen LogP contribution in [0.5, 0.6) is 11.6 Å². The molecule has 2 aromatic rings. The van der Waals surface area contributed by atoms with Gasteiger partial charge in [0.15, 0.2) is 0 Å². The second kappa shape index (κ2) is 5.38. The number of nitro benzene ring substituents is 1. The van der Waals surface area contributed by atoms with Crippen molar-refractivity contribution in [3.05, 3.63) is 50.4 Å². The SMILES string of the molecule is Cc1cc(Oc2ccc(Cl)cc2[N+](=O)[O-])nc(Cl)n1. The summed E-state index contributed by atoms with van der Waals surface area (Å²) in [6, 6.07) is 5.60. The molecule has 1 aromatic heterocycles. The molecule has 0 aliphatic carbocycles. The van der Waals surface area contributed by atoms with Gasteiger partial charge in [0.1, 0.15) is 0 Å². The maximum atomic E-state index is 10.9. The second-order valence-electron chi connectivity index (χ2n) is 3.59. The van der Waals surface area contributed by atoms with E-state index in [-0.39, 0.29) is 27.6 Å². The van der Waals surface area contributed by atoms with Crippen molar-refractivity contribution >= 4 is 28.9 Å². The fourth-order valence-electron chi connectivity index (χ4n) is 1.39. The van der Waals surface area contributed by atoms with Crippen LogP contribution in [0.2, 0.25) is 10.3 Å². The molecule has 0 radical (unpaired) electrons. The van der Waals surface area contributed by atoms with Crippen molar-refractivity contribution in [2.75, 3.05) is 0 Å². The zero-order valence-electron chi connectivity index (χ0n) is 9.63. The maximum absolute atomic E-state index is 10.9. The Hall–Kier alpha value is -1.92. The van der Waals surface area contributed by atoms with Crippen LogP contribution in [0.3, 0.4) is 0 Å². The van der Waals surface area contributed by atoms with Gasteiger partial charge < -0.3 is 4.74 Å². The van der Waals surface area contributed by atoms with Gasteiger partial charge in [-0.25, -0.2) is 4.98 Å². The highest BCUT2D eigenvalue weighted by Gasteiger charge is 2.17. The molecule has 0 saturated heterocycles. The molecule has 0 atom stereocenters. The monoisotopic (exact) mass is 299 g/mol. The Morgan fingerprint density at radius 2 is 2.00 bits per heavy atom. The molecule has 1 heterocycles. The topological polar surface area (TPSA) is 78.2 Å². The van der Waals surface area contributed by atoms with Crippen molar-refractivity contribution in [3.8, 4) is 11.6 Å². The zero-order valence-corrected chi connectivity index (χ0v) is 11.1. The summed E-state index contributed by atoms with van der Waals surface area (Å²) in [5.74, 6) is 0.159. The average molecular weight is 300 g/mol. The molecule has 0 aliphatic heterocycles. The van der Waals surface area contributed by atoms with E-state index < -0.39 is 4.92 Å². The molecular weight excluding hydrogens is 293 g/mol. The van der Waals surface area contributed by atoms with E-state index in [1.54, 1.807) is 6.92 Å². The van der Waals surface area contributed by atoms with Crippen LogP contribution in [0.4, 0.5) is 5.69 Å². The molecule has 0 N–H and O–H groups in total. The second-order valence-corrected chi connectivity index (χ2v) is 4.36. The highest BCUT2D eigenvalue weighted by atomic mass is 35.5. The molecule has 98 valence electrons. The van der Waals surface area contributed by atoms with Gasteiger partial charge in [0.25, 0.3) is 0 Å². The highest BCUT2D eigenvalue weighted by Crippen LogP contribution is 2.33. The van der Waals surface area contributed by atoms with Crippen LogP contribution >= 0.6 is 23.2 Å². The summed E-state index contributed by atoms with van der Waals surface area (Å²) in [5, 5.41) is 11.2. The minimum atomic E-state index is -0.586. The number of halogens is 2. The standard InChI is InChI=1S/C11H7Cl2N3O3/c1-6-4-10(15-11(13)14-6)19-9-3-2-7(12)5-8(9)16(17)18/h2-5H,1H3. The first-order valence-corrected chi connectivity index (χ1v) is 5.84. The van der Waals surface area contributed by atoms with Crippen LogP contribution in [-0.2, 0) is 0 Å². The lowest BCUT2D eigenvalue weighted by Crippen LogP contribution is -1.96. The molecule has 0 saturated carbocycles. The third-order valence-electron chi connectivity index (χ3n) is 2.14. The van der Waals surface area contributed by atoms with E-state index >= 15 is 0 Å². The van der Waals surface area contributed by atoms with E-state index in [9.17, 15) is 10.1 Å². The first-order chi connectivity index (χ1) is 8.95. The number of benzene rings is 1. The van der Waals surface area contributed by atoms with Crippen molar-refractivity contribution in [3.63, 3.8) is 0 Å². The highest BCUT2D eigenvalue weighted by molar-refractivity contribution is 6.30. The van der Waals surface area contributed by atoms with Crippen LogP contribution in [0, 0.1) is 17.0 Å². The average Bonchev–Trinajstić information content (AvgIpc) is 2.30. The third kappa shape index (κ3) is 3.30. The molecule has 0 bridgehead atoms. The van der Waals surface area contributed by atoms with E-state index in [1.807, 2.05) is 0 Å². The van der Waals surface area contributed by atoms with Gasteiger partial charge in [0.05, 0.1) is 4.92 Å². The van der Waals surface area contributed by atoms with Crippen LogP contribution in [0.15, 0.2) is 24.3 Å². The zero-order chi connectivity index (χ0) is 14.0. The predicted octanol–water partition coefficient (Wildman–Crippen LogP) is 3.79. The Balaban J connectivity index is 2.40. The van der Waals surface area contributed by atoms with Gasteiger partial charge >= 0.3 is 5.69 Å². The maximum Gasteiger partial charge on any atom is 0.313 e. The molecule has 0 unspecified atom stereocenters. The number of aromatic nitrogens is 2. The van der Waals surface area contributed by atoms with Crippen molar-refractivity contribution in [2.24, 2.45) is 0 Å². The molecule has 2 rings (SSSR count). The van der Waals surface area contributed by atoms with Gasteiger partial charge in [0, 0.05) is 22.8 Å². The van der Waals surface area contributed by atoms with Gasteiger partial charge in [-0.3, -0.25) is 10.1 Å². The lowest BCUT2D eigenvalue weighted by atomic mass is 10.3. The quantitative estimate of drug-likeness (QED) is 0.489. The van der Waals surface area contributed by atoms with Crippen molar-refractivity contribution < 1.29 is 9.66 Å². The van der Waals surface area contributed by atoms with Crippen LogP contribution < -0.4 is 4.74 Å². The van der Waals surface area contributed by atoms with E-state index in [1.165, 1.54) is 24.3 Å². The molecule has 0 amide bonds. The number of nitrogens with zero attached hydrogens (tertiary/aromatic N) is 3. The lowest BCUT2D eigenvalue weighted by Gasteiger charge is -2.06. The van der Waals surface area contributed by atoms with Crippen LogP contribution in [-0.4, -0.2) is 14.9 Å². The normalized spacial score (nSPS) is 10.3. The summed E-state index contributed by atoms with van der Waals surface area (Å²) in [6.07, 6.45) is 0. The van der Waals surface area contributed by atoms with E-state index in [0.717, 1.165) is 0 Å². The number of hydrogen-bond donors (Lipinski definition) is 0. The van der Waals surface area contributed by atoms with Gasteiger partial charge in [-0.05, 0) is 30.7 Å². The molecule has 19 heavy (non-hydrogen) atoms.